The number of hydrogen-bond acceptors (Lipinski definition) is 6. The van der Waals surface area contributed by atoms with Gasteiger partial charge in [0.15, 0.2) is 5.82 Å². The summed E-state index contributed by atoms with van der Waals surface area (Å²) in [6.45, 7) is 9.18. The lowest BCUT2D eigenvalue weighted by Crippen LogP contribution is -2.31. The van der Waals surface area contributed by atoms with Crippen molar-refractivity contribution in [1.82, 2.24) is 20.0 Å². The van der Waals surface area contributed by atoms with Crippen molar-refractivity contribution in [2.75, 3.05) is 31.1 Å². The van der Waals surface area contributed by atoms with E-state index in [0.717, 1.165) is 62.8 Å². The van der Waals surface area contributed by atoms with Crippen LogP contribution in [0, 0.1) is 6.92 Å². The van der Waals surface area contributed by atoms with Crippen LogP contribution in [0.2, 0.25) is 0 Å². The summed E-state index contributed by atoms with van der Waals surface area (Å²) in [7, 11) is 0. The molecule has 0 radical (unpaired) electrons. The predicted molar refractivity (Wildman–Crippen MR) is 110 cm³/mol. The fourth-order valence-electron chi connectivity index (χ4n) is 3.73. The molecular formula is C22H27N5O. The van der Waals surface area contributed by atoms with Crippen LogP contribution in [0.1, 0.15) is 30.3 Å². The van der Waals surface area contributed by atoms with Crippen LogP contribution in [0.4, 0.5) is 5.82 Å². The number of aromatic nitrogens is 3. The Labute approximate surface area is 166 Å². The largest absolute Gasteiger partial charge is 0.355 e. The van der Waals surface area contributed by atoms with Gasteiger partial charge in [-0.15, -0.1) is 0 Å². The number of hydrogen-bond donors (Lipinski definition) is 0. The molecule has 1 aromatic carbocycles. The van der Waals surface area contributed by atoms with Gasteiger partial charge in [-0.05, 0) is 31.0 Å². The average molecular weight is 377 g/mol. The quantitative estimate of drug-likeness (QED) is 0.675. The molecular weight excluding hydrogens is 350 g/mol. The van der Waals surface area contributed by atoms with Crippen molar-refractivity contribution in [1.29, 1.82) is 0 Å². The van der Waals surface area contributed by atoms with Gasteiger partial charge < -0.3 is 9.42 Å². The van der Waals surface area contributed by atoms with Crippen molar-refractivity contribution >= 4 is 5.82 Å². The highest BCUT2D eigenvalue weighted by atomic mass is 16.5. The van der Waals surface area contributed by atoms with E-state index in [1.807, 2.05) is 25.3 Å². The molecule has 3 heterocycles. The lowest BCUT2D eigenvalue weighted by atomic mass is 10.1. The zero-order valence-corrected chi connectivity index (χ0v) is 16.6. The van der Waals surface area contributed by atoms with Gasteiger partial charge in [0.1, 0.15) is 5.82 Å². The average Bonchev–Trinajstić information content (AvgIpc) is 3.08. The van der Waals surface area contributed by atoms with E-state index in [9.17, 15) is 0 Å². The Hall–Kier alpha value is -2.73. The van der Waals surface area contributed by atoms with Crippen molar-refractivity contribution in [2.24, 2.45) is 0 Å². The zero-order chi connectivity index (χ0) is 19.3. The third-order valence-corrected chi connectivity index (χ3v) is 5.18. The number of pyridine rings is 1. The van der Waals surface area contributed by atoms with Crippen molar-refractivity contribution < 1.29 is 4.52 Å². The second kappa shape index (κ2) is 8.52. The molecule has 1 aliphatic heterocycles. The number of nitrogens with zero attached hydrogens (tertiary/aromatic N) is 5. The molecule has 4 rings (SSSR count). The van der Waals surface area contributed by atoms with Gasteiger partial charge in [-0.25, -0.2) is 4.98 Å². The van der Waals surface area contributed by atoms with E-state index in [4.69, 9.17) is 4.52 Å². The Bertz CT molecular complexity index is 923. The molecule has 0 amide bonds. The van der Waals surface area contributed by atoms with E-state index in [2.05, 4.69) is 56.1 Å². The number of aryl methyl sites for hydroxylation is 2. The van der Waals surface area contributed by atoms with Crippen LogP contribution in [-0.4, -0.2) is 46.2 Å². The number of anilines is 1. The summed E-state index contributed by atoms with van der Waals surface area (Å²) in [6.07, 6.45) is 3.70. The maximum atomic E-state index is 5.48. The van der Waals surface area contributed by atoms with Gasteiger partial charge in [0, 0.05) is 45.3 Å². The van der Waals surface area contributed by atoms with Crippen LogP contribution in [0.5, 0.6) is 0 Å². The normalized spacial score (nSPS) is 15.6. The van der Waals surface area contributed by atoms with Crippen LogP contribution < -0.4 is 4.90 Å². The molecule has 0 N–H and O–H groups in total. The van der Waals surface area contributed by atoms with E-state index in [1.54, 1.807) is 0 Å². The van der Waals surface area contributed by atoms with Gasteiger partial charge in [-0.2, -0.15) is 4.98 Å². The predicted octanol–water partition coefficient (Wildman–Crippen LogP) is 3.71. The van der Waals surface area contributed by atoms with Crippen LogP contribution in [0.15, 0.2) is 47.1 Å². The van der Waals surface area contributed by atoms with E-state index >= 15 is 0 Å². The SMILES string of the molecule is CCc1noc(-c2cccnc2N2CCCN(Cc3cccc(C)c3)CC2)n1. The first-order chi connectivity index (χ1) is 13.7. The first-order valence-electron chi connectivity index (χ1n) is 10.0. The van der Waals surface area contributed by atoms with Crippen LogP contribution in [0.25, 0.3) is 11.5 Å². The minimum absolute atomic E-state index is 0.556. The second-order valence-electron chi connectivity index (χ2n) is 7.35. The van der Waals surface area contributed by atoms with Gasteiger partial charge in [0.25, 0.3) is 5.89 Å². The first-order valence-corrected chi connectivity index (χ1v) is 10.0. The van der Waals surface area contributed by atoms with Gasteiger partial charge in [-0.1, -0.05) is 41.9 Å². The molecule has 0 spiro atoms. The molecule has 0 atom stereocenters. The van der Waals surface area contributed by atoms with Gasteiger partial charge >= 0.3 is 0 Å². The number of rotatable bonds is 5. The van der Waals surface area contributed by atoms with Crippen molar-refractivity contribution in [3.05, 3.63) is 59.5 Å². The maximum absolute atomic E-state index is 5.48. The lowest BCUT2D eigenvalue weighted by Gasteiger charge is -2.24. The molecule has 1 fully saturated rings. The van der Waals surface area contributed by atoms with Gasteiger partial charge in [0.05, 0.1) is 5.56 Å². The molecule has 2 aromatic heterocycles. The van der Waals surface area contributed by atoms with E-state index in [0.29, 0.717) is 5.89 Å². The standard InChI is InChI=1S/C22H27N5O/c1-3-20-24-22(28-25-20)19-9-5-10-23-21(19)27-12-6-11-26(13-14-27)16-18-8-4-7-17(2)15-18/h4-5,7-10,15H,3,6,11-14,16H2,1-2H3. The first kappa shape index (κ1) is 18.6. The third kappa shape index (κ3) is 4.22. The summed E-state index contributed by atoms with van der Waals surface area (Å²) in [5.74, 6) is 2.22. The Morgan fingerprint density at radius 2 is 2.00 bits per heavy atom. The summed E-state index contributed by atoms with van der Waals surface area (Å²) >= 11 is 0. The van der Waals surface area contributed by atoms with Crippen LogP contribution in [-0.2, 0) is 13.0 Å². The molecule has 6 heteroatoms. The smallest absolute Gasteiger partial charge is 0.261 e. The van der Waals surface area contributed by atoms with Crippen LogP contribution in [0.3, 0.4) is 0 Å². The van der Waals surface area contributed by atoms with Gasteiger partial charge in [0.2, 0.25) is 0 Å². The highest BCUT2D eigenvalue weighted by Gasteiger charge is 2.21. The van der Waals surface area contributed by atoms with Crippen molar-refractivity contribution in [3.63, 3.8) is 0 Å². The van der Waals surface area contributed by atoms with Crippen LogP contribution >= 0.6 is 0 Å². The summed E-state index contributed by atoms with van der Waals surface area (Å²) < 4.78 is 5.48. The fourth-order valence-corrected chi connectivity index (χ4v) is 3.73. The third-order valence-electron chi connectivity index (χ3n) is 5.18. The second-order valence-corrected chi connectivity index (χ2v) is 7.35. The Kier molecular flexibility index (Phi) is 5.67. The van der Waals surface area contributed by atoms with Gasteiger partial charge in [-0.3, -0.25) is 4.90 Å². The molecule has 0 bridgehead atoms. The Morgan fingerprint density at radius 3 is 2.82 bits per heavy atom. The zero-order valence-electron chi connectivity index (χ0n) is 16.6. The fraction of sp³-hybridized carbons (Fsp3) is 0.409. The molecule has 6 nitrogen and oxygen atoms in total. The molecule has 3 aromatic rings. The highest BCUT2D eigenvalue weighted by Crippen LogP contribution is 2.28. The molecule has 0 saturated carbocycles. The summed E-state index contributed by atoms with van der Waals surface area (Å²) in [5.41, 5.74) is 3.62. The lowest BCUT2D eigenvalue weighted by molar-refractivity contribution is 0.285. The molecule has 0 unspecified atom stereocenters. The topological polar surface area (TPSA) is 58.3 Å². The summed E-state index contributed by atoms with van der Waals surface area (Å²) in [5, 5.41) is 4.04. The van der Waals surface area contributed by atoms with Crippen molar-refractivity contribution in [2.45, 2.75) is 33.2 Å². The maximum Gasteiger partial charge on any atom is 0.261 e. The molecule has 1 saturated heterocycles. The monoisotopic (exact) mass is 377 g/mol. The van der Waals surface area contributed by atoms with E-state index in [1.165, 1.54) is 11.1 Å². The molecule has 28 heavy (non-hydrogen) atoms. The number of benzene rings is 1. The molecule has 1 aliphatic rings. The summed E-state index contributed by atoms with van der Waals surface area (Å²) in [6, 6.07) is 12.7. The van der Waals surface area contributed by atoms with E-state index in [-0.39, 0.29) is 0 Å². The van der Waals surface area contributed by atoms with E-state index < -0.39 is 0 Å². The minimum atomic E-state index is 0.556. The Morgan fingerprint density at radius 1 is 1.07 bits per heavy atom. The molecule has 146 valence electrons. The van der Waals surface area contributed by atoms with Crippen molar-refractivity contribution in [3.8, 4) is 11.5 Å². The molecule has 0 aliphatic carbocycles. The summed E-state index contributed by atoms with van der Waals surface area (Å²) in [4.78, 5) is 14.0. The highest BCUT2D eigenvalue weighted by molar-refractivity contribution is 5.69. The Balaban J connectivity index is 1.49. The minimum Gasteiger partial charge on any atom is -0.355 e.